The van der Waals surface area contributed by atoms with Gasteiger partial charge in [-0.3, -0.25) is 0 Å². The van der Waals surface area contributed by atoms with Crippen LogP contribution < -0.4 is 0 Å². The third-order valence-electron chi connectivity index (χ3n) is 1.01. The lowest BCUT2D eigenvalue weighted by Gasteiger charge is -1.83. The Morgan fingerprint density at radius 2 is 1.62 bits per heavy atom. The molecule has 0 unspecified atom stereocenters. The zero-order chi connectivity index (χ0) is 12.7. The maximum absolute atomic E-state index is 9.92. The van der Waals surface area contributed by atoms with Crippen LogP contribution in [0.3, 0.4) is 0 Å². The minimum Gasteiger partial charge on any atom is -0.478 e. The minimum absolute atomic E-state index is 0.407. The van der Waals surface area contributed by atoms with E-state index in [1.807, 2.05) is 0 Å². The highest BCUT2D eigenvalue weighted by atomic mass is 35.5. The number of aliphatic carboxylic acids is 2. The Morgan fingerprint density at radius 1 is 1.19 bits per heavy atom. The van der Waals surface area contributed by atoms with Gasteiger partial charge < -0.3 is 14.9 Å². The van der Waals surface area contributed by atoms with Crippen LogP contribution in [0.15, 0.2) is 23.3 Å². The third kappa shape index (κ3) is 6.33. The van der Waals surface area contributed by atoms with Gasteiger partial charge in [-0.15, -0.1) is 0 Å². The van der Waals surface area contributed by atoms with Crippen LogP contribution in [0.2, 0.25) is 0 Å². The molecule has 16 heavy (non-hydrogen) atoms. The molecule has 0 aromatic carbocycles. The summed E-state index contributed by atoms with van der Waals surface area (Å²) in [6.45, 7) is 0. The first-order chi connectivity index (χ1) is 7.32. The normalized spacial score (nSPS) is 13.9. The van der Waals surface area contributed by atoms with Crippen LogP contribution in [0.5, 0.6) is 0 Å². The van der Waals surface area contributed by atoms with Gasteiger partial charge in [0.05, 0.1) is 0 Å². The van der Waals surface area contributed by atoms with Gasteiger partial charge in [0.15, 0.2) is 0 Å². The summed E-state index contributed by atoms with van der Waals surface area (Å²) in [6.07, 6.45) is 2.58. The number of halogens is 1. The Balaban J connectivity index is 0.000000288. The maximum Gasteiger partial charge on any atom is 0.347 e. The fourth-order valence-corrected chi connectivity index (χ4v) is 0.567. The van der Waals surface area contributed by atoms with Gasteiger partial charge in [-0.05, 0) is 0 Å². The van der Waals surface area contributed by atoms with E-state index in [0.717, 1.165) is 12.2 Å². The highest BCUT2D eigenvalue weighted by molar-refractivity contribution is 6.42. The summed E-state index contributed by atoms with van der Waals surface area (Å²) in [5.41, 5.74) is 0. The van der Waals surface area contributed by atoms with E-state index in [4.69, 9.17) is 21.8 Å². The molecule has 0 bridgehead atoms. The molecule has 0 aromatic rings. The van der Waals surface area contributed by atoms with Gasteiger partial charge in [0.2, 0.25) is 0 Å². The molecule has 0 amide bonds. The molecule has 0 saturated carbocycles. The van der Waals surface area contributed by atoms with Gasteiger partial charge >= 0.3 is 23.9 Å². The number of carboxylic acid groups (broad SMARTS) is 2. The van der Waals surface area contributed by atoms with Crippen LogP contribution in [0.4, 0.5) is 0 Å². The van der Waals surface area contributed by atoms with E-state index >= 15 is 0 Å². The van der Waals surface area contributed by atoms with Gasteiger partial charge in [0.25, 0.3) is 0 Å². The zero-order valence-corrected chi connectivity index (χ0v) is 8.30. The van der Waals surface area contributed by atoms with Gasteiger partial charge in [-0.2, -0.15) is 0 Å². The van der Waals surface area contributed by atoms with Gasteiger partial charge in [-0.1, -0.05) is 11.6 Å². The van der Waals surface area contributed by atoms with Crippen LogP contribution >= 0.6 is 11.6 Å². The van der Waals surface area contributed by atoms with Crippen molar-refractivity contribution in [3.8, 4) is 0 Å². The summed E-state index contributed by atoms with van der Waals surface area (Å²) >= 11 is 4.89. The molecule has 0 spiro atoms. The van der Waals surface area contributed by atoms with Crippen LogP contribution in [-0.2, 0) is 23.9 Å². The largest absolute Gasteiger partial charge is 0.478 e. The molecule has 1 aliphatic rings. The van der Waals surface area contributed by atoms with Gasteiger partial charge in [0.1, 0.15) is 5.03 Å². The molecule has 1 aliphatic heterocycles. The molecule has 2 N–H and O–H groups in total. The van der Waals surface area contributed by atoms with Crippen molar-refractivity contribution in [3.63, 3.8) is 0 Å². The number of hydrogen-bond acceptors (Lipinski definition) is 5. The van der Waals surface area contributed by atoms with Crippen molar-refractivity contribution in [2.24, 2.45) is 0 Å². The molecule has 7 nitrogen and oxygen atoms in total. The zero-order valence-electron chi connectivity index (χ0n) is 7.55. The highest BCUT2D eigenvalue weighted by Crippen LogP contribution is 1.98. The van der Waals surface area contributed by atoms with E-state index in [1.54, 1.807) is 0 Å². The number of ether oxygens (including phenoxy) is 1. The summed E-state index contributed by atoms with van der Waals surface area (Å²) < 4.78 is 3.97. The average Bonchev–Trinajstić information content (AvgIpc) is 2.49. The number of carbonyl (C=O) groups is 4. The number of carbonyl (C=O) groups excluding carboxylic acids is 2. The fraction of sp³-hybridized carbons (Fsp3) is 0. The smallest absolute Gasteiger partial charge is 0.347 e. The van der Waals surface area contributed by atoms with E-state index < -0.39 is 28.9 Å². The molecule has 86 valence electrons. The number of rotatable bonds is 2. The van der Waals surface area contributed by atoms with Crippen LogP contribution in [0.25, 0.3) is 0 Å². The van der Waals surface area contributed by atoms with E-state index in [0.29, 0.717) is 6.08 Å². The SMILES string of the molecule is O=C(O)C=C(Cl)C(=O)O.O=C1C=CC(=O)O1. The Kier molecular flexibility index (Phi) is 5.50. The maximum atomic E-state index is 9.92. The monoisotopic (exact) mass is 248 g/mol. The fourth-order valence-electron chi connectivity index (χ4n) is 0.473. The van der Waals surface area contributed by atoms with Crippen LogP contribution in [0, 0.1) is 0 Å². The molecule has 0 saturated heterocycles. The lowest BCUT2D eigenvalue weighted by molar-refractivity contribution is -0.150. The molecule has 0 aliphatic carbocycles. The summed E-state index contributed by atoms with van der Waals surface area (Å²) in [7, 11) is 0. The van der Waals surface area contributed by atoms with E-state index in [1.165, 1.54) is 0 Å². The van der Waals surface area contributed by atoms with Gasteiger partial charge in [0, 0.05) is 18.2 Å². The molecular weight excluding hydrogens is 244 g/mol. The second-order valence-electron chi connectivity index (χ2n) is 2.21. The molecule has 1 rings (SSSR count). The van der Waals surface area contributed by atoms with Crippen LogP contribution in [-0.4, -0.2) is 34.1 Å². The number of cyclic esters (lactones) is 2. The van der Waals surface area contributed by atoms with Crippen molar-refractivity contribution in [3.05, 3.63) is 23.3 Å². The molecule has 0 fully saturated rings. The molecule has 0 radical (unpaired) electrons. The Labute approximate surface area is 93.6 Å². The lowest BCUT2D eigenvalue weighted by atomic mass is 10.5. The van der Waals surface area contributed by atoms with Crippen molar-refractivity contribution >= 4 is 35.5 Å². The number of carboxylic acids is 2. The second-order valence-corrected chi connectivity index (χ2v) is 2.62. The first-order valence-corrected chi connectivity index (χ1v) is 3.98. The summed E-state index contributed by atoms with van der Waals surface area (Å²) in [6, 6.07) is 0. The molecule has 8 heteroatoms. The first-order valence-electron chi connectivity index (χ1n) is 3.60. The number of hydrogen-bond donors (Lipinski definition) is 2. The quantitative estimate of drug-likeness (QED) is 0.398. The first kappa shape index (κ1) is 13.8. The lowest BCUT2D eigenvalue weighted by Crippen LogP contribution is -1.97. The average molecular weight is 249 g/mol. The topological polar surface area (TPSA) is 118 Å². The van der Waals surface area contributed by atoms with Crippen molar-refractivity contribution in [1.29, 1.82) is 0 Å². The summed E-state index contributed by atoms with van der Waals surface area (Å²) in [4.78, 5) is 39.3. The number of esters is 2. The van der Waals surface area contributed by atoms with Gasteiger partial charge in [-0.25, -0.2) is 19.2 Å². The highest BCUT2D eigenvalue weighted by Gasteiger charge is 2.10. The molecule has 1 heterocycles. The second kappa shape index (κ2) is 6.36. The summed E-state index contributed by atoms with van der Waals surface area (Å²) in [5.74, 6) is -3.98. The van der Waals surface area contributed by atoms with Crippen molar-refractivity contribution < 1.29 is 34.1 Å². The standard InChI is InChI=1S/C4H3ClO4.C4H2O3/c5-2(4(8)9)1-3(6)7;5-3-1-2-4(6)7-3/h1H,(H,6,7)(H,8,9);1-2H. The molecular formula is C8H5ClO7. The van der Waals surface area contributed by atoms with Crippen molar-refractivity contribution in [2.45, 2.75) is 0 Å². The Bertz CT molecular complexity index is 377. The Morgan fingerprint density at radius 3 is 1.75 bits per heavy atom. The van der Waals surface area contributed by atoms with Crippen molar-refractivity contribution in [1.82, 2.24) is 0 Å². The molecule has 0 atom stereocenters. The predicted octanol–water partition coefficient (Wildman–Crippen LogP) is -0.0957. The Hall–Kier alpha value is -2.15. The predicted molar refractivity (Wildman–Crippen MR) is 49.4 cm³/mol. The van der Waals surface area contributed by atoms with E-state index in [-0.39, 0.29) is 0 Å². The minimum atomic E-state index is -1.45. The van der Waals surface area contributed by atoms with Crippen LogP contribution in [0.1, 0.15) is 0 Å². The van der Waals surface area contributed by atoms with E-state index in [2.05, 4.69) is 4.74 Å². The van der Waals surface area contributed by atoms with E-state index in [9.17, 15) is 19.2 Å². The third-order valence-corrected chi connectivity index (χ3v) is 1.28. The van der Waals surface area contributed by atoms with Crippen molar-refractivity contribution in [2.75, 3.05) is 0 Å². The summed E-state index contributed by atoms with van der Waals surface area (Å²) in [5, 5.41) is 15.2. The molecule has 0 aromatic heterocycles.